The first-order valence-corrected chi connectivity index (χ1v) is 6.95. The Balaban J connectivity index is 1.95. The Bertz CT molecular complexity index is 578. The zero-order chi connectivity index (χ0) is 14.5. The molecule has 2 nitrogen and oxygen atoms in total. The van der Waals surface area contributed by atoms with Gasteiger partial charge in [0.05, 0.1) is 10.6 Å². The summed E-state index contributed by atoms with van der Waals surface area (Å²) >= 11 is 3.02. The second-order valence-corrected chi connectivity index (χ2v) is 5.23. The fourth-order valence-corrected chi connectivity index (χ4v) is 2.23. The van der Waals surface area contributed by atoms with Crippen LogP contribution in [0.25, 0.3) is 0 Å². The van der Waals surface area contributed by atoms with Crippen molar-refractivity contribution >= 4 is 15.9 Å². The maximum atomic E-state index is 13.7. The second kappa shape index (κ2) is 6.92. The highest BCUT2D eigenvalue weighted by molar-refractivity contribution is 9.10. The van der Waals surface area contributed by atoms with Gasteiger partial charge in [0, 0.05) is 18.7 Å². The maximum Gasteiger partial charge on any atom is 0.144 e. The van der Waals surface area contributed by atoms with Crippen LogP contribution in [0.1, 0.15) is 17.2 Å². The number of hydrogen-bond acceptors (Lipinski definition) is 2. The predicted molar refractivity (Wildman–Crippen MR) is 77.2 cm³/mol. The summed E-state index contributed by atoms with van der Waals surface area (Å²) in [5.41, 5.74) is 0.717. The lowest BCUT2D eigenvalue weighted by Crippen LogP contribution is -2.22. The molecule has 0 amide bonds. The van der Waals surface area contributed by atoms with E-state index in [9.17, 15) is 13.9 Å². The Kier molecular flexibility index (Phi) is 5.23. The molecule has 2 N–H and O–H groups in total. The summed E-state index contributed by atoms with van der Waals surface area (Å²) in [6, 6.07) is 11.6. The summed E-state index contributed by atoms with van der Waals surface area (Å²) in [6.45, 7) is 0.233. The van der Waals surface area contributed by atoms with Gasteiger partial charge in [-0.15, -0.1) is 0 Å². The molecule has 0 saturated heterocycles. The van der Waals surface area contributed by atoms with E-state index in [1.54, 1.807) is 12.1 Å². The van der Waals surface area contributed by atoms with E-state index in [2.05, 4.69) is 21.2 Å². The van der Waals surface area contributed by atoms with Crippen LogP contribution in [-0.4, -0.2) is 11.7 Å². The number of rotatable bonds is 5. The summed E-state index contributed by atoms with van der Waals surface area (Å²) in [5, 5.41) is 12.8. The monoisotopic (exact) mass is 341 g/mol. The van der Waals surface area contributed by atoms with Gasteiger partial charge < -0.3 is 10.4 Å². The van der Waals surface area contributed by atoms with Gasteiger partial charge in [-0.25, -0.2) is 8.78 Å². The lowest BCUT2D eigenvalue weighted by molar-refractivity contribution is 0.174. The second-order valence-electron chi connectivity index (χ2n) is 4.38. The summed E-state index contributed by atoms with van der Waals surface area (Å²) < 4.78 is 27.5. The third-order valence-corrected chi connectivity index (χ3v) is 3.58. The van der Waals surface area contributed by atoms with Crippen molar-refractivity contribution in [2.24, 2.45) is 0 Å². The van der Waals surface area contributed by atoms with Gasteiger partial charge in [-0.3, -0.25) is 0 Å². The molecular weight excluding hydrogens is 328 g/mol. The minimum Gasteiger partial charge on any atom is -0.387 e. The first kappa shape index (κ1) is 15.1. The molecule has 0 heterocycles. The van der Waals surface area contributed by atoms with Crippen LogP contribution in [0.5, 0.6) is 0 Å². The Morgan fingerprint density at radius 2 is 1.80 bits per heavy atom. The van der Waals surface area contributed by atoms with E-state index in [-0.39, 0.29) is 23.1 Å². The molecule has 0 saturated carbocycles. The smallest absolute Gasteiger partial charge is 0.144 e. The molecule has 2 rings (SSSR count). The molecule has 5 heteroatoms. The van der Waals surface area contributed by atoms with Gasteiger partial charge in [-0.05, 0) is 33.6 Å². The molecule has 20 heavy (non-hydrogen) atoms. The predicted octanol–water partition coefficient (Wildman–Crippen LogP) is 3.55. The quantitative estimate of drug-likeness (QED) is 0.815. The van der Waals surface area contributed by atoms with Crippen molar-refractivity contribution in [3.05, 3.63) is 69.7 Å². The topological polar surface area (TPSA) is 32.3 Å². The van der Waals surface area contributed by atoms with Crippen LogP contribution in [0.15, 0.2) is 46.9 Å². The molecule has 0 aromatic heterocycles. The van der Waals surface area contributed by atoms with Gasteiger partial charge in [0.2, 0.25) is 0 Å². The Labute approximate surface area is 124 Å². The molecule has 106 valence electrons. The standard InChI is InChI=1S/C15H14BrF2NO/c16-12-6-7-13(17)11(15(12)18)8-19-9-14(20)10-4-2-1-3-5-10/h1-7,14,19-20H,8-9H2. The zero-order valence-electron chi connectivity index (χ0n) is 10.6. The Hall–Kier alpha value is -1.30. The van der Waals surface area contributed by atoms with Crippen LogP contribution < -0.4 is 5.32 Å². The van der Waals surface area contributed by atoms with Gasteiger partial charge >= 0.3 is 0 Å². The van der Waals surface area contributed by atoms with Crippen molar-refractivity contribution < 1.29 is 13.9 Å². The zero-order valence-corrected chi connectivity index (χ0v) is 12.2. The van der Waals surface area contributed by atoms with E-state index in [0.717, 1.165) is 5.56 Å². The molecule has 0 aliphatic heterocycles. The fourth-order valence-electron chi connectivity index (χ4n) is 1.86. The van der Waals surface area contributed by atoms with Gasteiger partial charge in [0.25, 0.3) is 0 Å². The van der Waals surface area contributed by atoms with Crippen LogP contribution in [0, 0.1) is 11.6 Å². The number of benzene rings is 2. The van der Waals surface area contributed by atoms with Crippen LogP contribution >= 0.6 is 15.9 Å². The van der Waals surface area contributed by atoms with Gasteiger partial charge in [-0.1, -0.05) is 30.3 Å². The van der Waals surface area contributed by atoms with E-state index >= 15 is 0 Å². The summed E-state index contributed by atoms with van der Waals surface area (Å²) in [5.74, 6) is -1.22. The first-order valence-electron chi connectivity index (χ1n) is 6.15. The third kappa shape index (κ3) is 3.62. The average Bonchev–Trinajstić information content (AvgIpc) is 2.47. The Morgan fingerprint density at radius 3 is 2.50 bits per heavy atom. The van der Waals surface area contributed by atoms with Crippen molar-refractivity contribution in [1.82, 2.24) is 5.32 Å². The first-order chi connectivity index (χ1) is 9.59. The molecule has 0 fully saturated rings. The number of nitrogens with one attached hydrogen (secondary N) is 1. The van der Waals surface area contributed by atoms with Crippen LogP contribution in [-0.2, 0) is 6.54 Å². The lowest BCUT2D eigenvalue weighted by atomic mass is 10.1. The maximum absolute atomic E-state index is 13.7. The van der Waals surface area contributed by atoms with Gasteiger partial charge in [0.1, 0.15) is 11.6 Å². The normalized spacial score (nSPS) is 12.4. The minimum atomic E-state index is -0.713. The number of halogens is 3. The van der Waals surface area contributed by atoms with Crippen LogP contribution in [0.3, 0.4) is 0 Å². The lowest BCUT2D eigenvalue weighted by Gasteiger charge is -2.13. The SMILES string of the molecule is OC(CNCc1c(F)ccc(Br)c1F)c1ccccc1. The average molecular weight is 342 g/mol. The van der Waals surface area contributed by atoms with Crippen LogP contribution in [0.4, 0.5) is 8.78 Å². The molecule has 1 unspecified atom stereocenters. The fraction of sp³-hybridized carbons (Fsp3) is 0.200. The van der Waals surface area contributed by atoms with E-state index < -0.39 is 17.7 Å². The van der Waals surface area contributed by atoms with Crippen molar-refractivity contribution in [1.29, 1.82) is 0 Å². The molecule has 0 bridgehead atoms. The van der Waals surface area contributed by atoms with E-state index in [4.69, 9.17) is 0 Å². The Morgan fingerprint density at radius 1 is 1.10 bits per heavy atom. The van der Waals surface area contributed by atoms with Crippen molar-refractivity contribution in [2.45, 2.75) is 12.6 Å². The molecule has 2 aromatic carbocycles. The number of aliphatic hydroxyl groups is 1. The summed E-state index contributed by atoms with van der Waals surface area (Å²) in [7, 11) is 0. The minimum absolute atomic E-state index is 0.0149. The summed E-state index contributed by atoms with van der Waals surface area (Å²) in [6.07, 6.45) is -0.713. The summed E-state index contributed by atoms with van der Waals surface area (Å²) in [4.78, 5) is 0. The molecular formula is C15H14BrF2NO. The largest absolute Gasteiger partial charge is 0.387 e. The third-order valence-electron chi connectivity index (χ3n) is 2.96. The molecule has 0 aliphatic carbocycles. The highest BCUT2D eigenvalue weighted by atomic mass is 79.9. The molecule has 2 aromatic rings. The number of aliphatic hydroxyl groups excluding tert-OH is 1. The van der Waals surface area contributed by atoms with E-state index in [0.29, 0.717) is 0 Å². The highest BCUT2D eigenvalue weighted by Gasteiger charge is 2.13. The molecule has 0 radical (unpaired) electrons. The van der Waals surface area contributed by atoms with E-state index in [1.165, 1.54) is 12.1 Å². The van der Waals surface area contributed by atoms with E-state index in [1.807, 2.05) is 18.2 Å². The van der Waals surface area contributed by atoms with Crippen molar-refractivity contribution in [2.75, 3.05) is 6.54 Å². The highest BCUT2D eigenvalue weighted by Crippen LogP contribution is 2.21. The molecule has 1 atom stereocenters. The van der Waals surface area contributed by atoms with Gasteiger partial charge in [0.15, 0.2) is 0 Å². The van der Waals surface area contributed by atoms with Crippen LogP contribution in [0.2, 0.25) is 0 Å². The van der Waals surface area contributed by atoms with Crippen molar-refractivity contribution in [3.63, 3.8) is 0 Å². The number of hydrogen-bond donors (Lipinski definition) is 2. The molecule has 0 aliphatic rings. The molecule has 0 spiro atoms. The van der Waals surface area contributed by atoms with Crippen molar-refractivity contribution in [3.8, 4) is 0 Å². The van der Waals surface area contributed by atoms with Gasteiger partial charge in [-0.2, -0.15) is 0 Å².